The summed E-state index contributed by atoms with van der Waals surface area (Å²) in [6, 6.07) is 7.91. The van der Waals surface area contributed by atoms with E-state index in [9.17, 15) is 0 Å². The average molecular weight is 284 g/mol. The summed E-state index contributed by atoms with van der Waals surface area (Å²) in [5.74, 6) is 1.41. The number of fused-ring (bicyclic) bond motifs is 1. The lowest BCUT2D eigenvalue weighted by Crippen LogP contribution is -2.40. The molecule has 1 aliphatic heterocycles. The lowest BCUT2D eigenvalue weighted by atomic mass is 9.74. The number of nitrogens with zero attached hydrogens (tertiary/aromatic N) is 3. The Morgan fingerprint density at radius 3 is 2.19 bits per heavy atom. The van der Waals surface area contributed by atoms with Crippen molar-refractivity contribution in [3.05, 3.63) is 24.3 Å². The molecule has 0 atom stereocenters. The zero-order valence-electron chi connectivity index (χ0n) is 13.0. The van der Waals surface area contributed by atoms with E-state index in [0.717, 1.165) is 29.9 Å². The van der Waals surface area contributed by atoms with Crippen molar-refractivity contribution in [3.63, 3.8) is 0 Å². The van der Waals surface area contributed by atoms with Gasteiger partial charge in [0.15, 0.2) is 11.6 Å². The number of anilines is 2. The van der Waals surface area contributed by atoms with E-state index in [1.54, 1.807) is 0 Å². The van der Waals surface area contributed by atoms with Gasteiger partial charge in [-0.15, -0.1) is 0 Å². The smallest absolute Gasteiger partial charge is 0.172 e. The molecule has 0 aliphatic carbocycles. The Morgan fingerprint density at radius 1 is 1.05 bits per heavy atom. The molecule has 4 nitrogen and oxygen atoms in total. The van der Waals surface area contributed by atoms with E-state index in [4.69, 9.17) is 10.7 Å². The summed E-state index contributed by atoms with van der Waals surface area (Å²) in [5.41, 5.74) is 8.43. The van der Waals surface area contributed by atoms with Gasteiger partial charge >= 0.3 is 0 Å². The molecule has 1 aliphatic rings. The van der Waals surface area contributed by atoms with Crippen LogP contribution in [0.5, 0.6) is 0 Å². The number of benzene rings is 1. The fourth-order valence-corrected chi connectivity index (χ4v) is 3.39. The van der Waals surface area contributed by atoms with Crippen LogP contribution in [0.2, 0.25) is 0 Å². The van der Waals surface area contributed by atoms with E-state index in [-0.39, 0.29) is 0 Å². The van der Waals surface area contributed by atoms with Crippen molar-refractivity contribution >= 4 is 22.7 Å². The minimum absolute atomic E-state index is 0.509. The quantitative estimate of drug-likeness (QED) is 0.935. The molecule has 2 aromatic rings. The van der Waals surface area contributed by atoms with E-state index in [0.29, 0.717) is 11.2 Å². The maximum Gasteiger partial charge on any atom is 0.172 e. The molecule has 4 heteroatoms. The van der Waals surface area contributed by atoms with Crippen molar-refractivity contribution in [1.82, 2.24) is 9.97 Å². The minimum Gasteiger partial charge on any atom is -0.381 e. The number of para-hydroxylation sites is 2. The highest BCUT2D eigenvalue weighted by Crippen LogP contribution is 2.39. The van der Waals surface area contributed by atoms with Crippen molar-refractivity contribution in [2.24, 2.45) is 5.41 Å². The Bertz CT molecular complexity index is 624. The highest BCUT2D eigenvalue weighted by molar-refractivity contribution is 5.79. The van der Waals surface area contributed by atoms with Crippen LogP contribution in [0.25, 0.3) is 11.0 Å². The second kappa shape index (κ2) is 5.51. The number of aromatic nitrogens is 2. The predicted molar refractivity (Wildman–Crippen MR) is 88.4 cm³/mol. The van der Waals surface area contributed by atoms with Gasteiger partial charge in [0.2, 0.25) is 0 Å². The summed E-state index contributed by atoms with van der Waals surface area (Å²) >= 11 is 0. The lowest BCUT2D eigenvalue weighted by molar-refractivity contribution is 0.199. The summed E-state index contributed by atoms with van der Waals surface area (Å²) < 4.78 is 0. The molecule has 1 aromatic carbocycles. The maximum atomic E-state index is 6.13. The van der Waals surface area contributed by atoms with E-state index < -0.39 is 0 Å². The van der Waals surface area contributed by atoms with Crippen molar-refractivity contribution in [1.29, 1.82) is 0 Å². The van der Waals surface area contributed by atoms with Gasteiger partial charge in [-0.1, -0.05) is 38.8 Å². The molecule has 2 heterocycles. The number of nitrogens with two attached hydrogens (primary N) is 1. The molecule has 1 saturated heterocycles. The van der Waals surface area contributed by atoms with E-state index >= 15 is 0 Å². The zero-order valence-corrected chi connectivity index (χ0v) is 13.0. The number of hydrogen-bond acceptors (Lipinski definition) is 4. The van der Waals surface area contributed by atoms with Crippen LogP contribution in [0.15, 0.2) is 24.3 Å². The summed E-state index contributed by atoms with van der Waals surface area (Å²) in [4.78, 5) is 11.5. The molecular weight excluding hydrogens is 260 g/mol. The van der Waals surface area contributed by atoms with Gasteiger partial charge in [0.25, 0.3) is 0 Å². The third-order valence-corrected chi connectivity index (χ3v) is 5.20. The SMILES string of the molecule is CCC1(CC)CCN(c2nc3ccccc3nc2N)CC1. The predicted octanol–water partition coefficient (Wildman–Crippen LogP) is 3.62. The summed E-state index contributed by atoms with van der Waals surface area (Å²) in [6.07, 6.45) is 4.95. The van der Waals surface area contributed by atoms with Crippen LogP contribution in [0.4, 0.5) is 11.6 Å². The van der Waals surface area contributed by atoms with Crippen LogP contribution in [-0.4, -0.2) is 23.1 Å². The Morgan fingerprint density at radius 2 is 1.62 bits per heavy atom. The van der Waals surface area contributed by atoms with Gasteiger partial charge in [-0.25, -0.2) is 9.97 Å². The van der Waals surface area contributed by atoms with Gasteiger partial charge in [0, 0.05) is 13.1 Å². The maximum absolute atomic E-state index is 6.13. The standard InChI is InChI=1S/C17H24N4/c1-3-17(4-2)9-11-21(12-10-17)16-15(18)19-13-7-5-6-8-14(13)20-16/h5-8H,3-4,9-12H2,1-2H3,(H2,18,19). The largest absolute Gasteiger partial charge is 0.381 e. The van der Waals surface area contributed by atoms with Crippen molar-refractivity contribution < 1.29 is 0 Å². The summed E-state index contributed by atoms with van der Waals surface area (Å²) in [6.45, 7) is 6.67. The number of rotatable bonds is 3. The van der Waals surface area contributed by atoms with Crippen LogP contribution in [-0.2, 0) is 0 Å². The van der Waals surface area contributed by atoms with E-state index in [1.807, 2.05) is 24.3 Å². The van der Waals surface area contributed by atoms with Crippen molar-refractivity contribution in [2.45, 2.75) is 39.5 Å². The highest BCUT2D eigenvalue weighted by atomic mass is 15.2. The first-order valence-corrected chi connectivity index (χ1v) is 7.94. The van der Waals surface area contributed by atoms with Crippen molar-refractivity contribution in [3.8, 4) is 0 Å². The van der Waals surface area contributed by atoms with Crippen LogP contribution < -0.4 is 10.6 Å². The molecule has 112 valence electrons. The molecule has 0 amide bonds. The second-order valence-electron chi connectivity index (χ2n) is 6.12. The summed E-state index contributed by atoms with van der Waals surface area (Å²) in [7, 11) is 0. The van der Waals surface area contributed by atoms with E-state index in [1.165, 1.54) is 25.7 Å². The van der Waals surface area contributed by atoms with Crippen LogP contribution in [0.1, 0.15) is 39.5 Å². The molecule has 21 heavy (non-hydrogen) atoms. The number of hydrogen-bond donors (Lipinski definition) is 1. The minimum atomic E-state index is 0.509. The first kappa shape index (κ1) is 14.1. The Hall–Kier alpha value is -1.84. The fraction of sp³-hybridized carbons (Fsp3) is 0.529. The van der Waals surface area contributed by atoms with Gasteiger partial charge in [0.1, 0.15) is 0 Å². The van der Waals surface area contributed by atoms with E-state index in [2.05, 4.69) is 23.7 Å². The van der Waals surface area contributed by atoms with Crippen LogP contribution >= 0.6 is 0 Å². The topological polar surface area (TPSA) is 55.0 Å². The Balaban J connectivity index is 1.87. The second-order valence-corrected chi connectivity index (χ2v) is 6.12. The van der Waals surface area contributed by atoms with Gasteiger partial charge in [-0.05, 0) is 30.4 Å². The average Bonchev–Trinajstić information content (AvgIpc) is 2.54. The van der Waals surface area contributed by atoms with Crippen LogP contribution in [0, 0.1) is 5.41 Å². The first-order valence-electron chi connectivity index (χ1n) is 7.94. The molecular formula is C17H24N4. The van der Waals surface area contributed by atoms with Gasteiger partial charge < -0.3 is 10.6 Å². The molecule has 1 aromatic heterocycles. The molecule has 0 bridgehead atoms. The third-order valence-electron chi connectivity index (χ3n) is 5.20. The first-order chi connectivity index (χ1) is 10.2. The molecule has 0 spiro atoms. The zero-order chi connectivity index (χ0) is 14.9. The normalized spacial score (nSPS) is 18.1. The third kappa shape index (κ3) is 2.55. The molecule has 2 N–H and O–H groups in total. The highest BCUT2D eigenvalue weighted by Gasteiger charge is 2.32. The molecule has 0 radical (unpaired) electrons. The molecule has 0 saturated carbocycles. The Kier molecular flexibility index (Phi) is 3.70. The fourth-order valence-electron chi connectivity index (χ4n) is 3.39. The van der Waals surface area contributed by atoms with Crippen LogP contribution in [0.3, 0.4) is 0 Å². The monoisotopic (exact) mass is 284 g/mol. The lowest BCUT2D eigenvalue weighted by Gasteiger charge is -2.41. The number of nitrogen functional groups attached to an aromatic ring is 1. The van der Waals surface area contributed by atoms with Gasteiger partial charge in [-0.2, -0.15) is 0 Å². The van der Waals surface area contributed by atoms with Gasteiger partial charge in [-0.3, -0.25) is 0 Å². The molecule has 3 rings (SSSR count). The summed E-state index contributed by atoms with van der Waals surface area (Å²) in [5, 5.41) is 0. The molecule has 1 fully saturated rings. The van der Waals surface area contributed by atoms with Gasteiger partial charge in [0.05, 0.1) is 11.0 Å². The molecule has 0 unspecified atom stereocenters. The Labute approximate surface area is 126 Å². The number of piperidine rings is 1. The van der Waals surface area contributed by atoms with Crippen molar-refractivity contribution in [2.75, 3.05) is 23.7 Å².